The molecule has 4 rings (SSSR count). The van der Waals surface area contributed by atoms with Crippen molar-refractivity contribution in [1.82, 2.24) is 19.7 Å². The summed E-state index contributed by atoms with van der Waals surface area (Å²) in [6, 6.07) is 9.33. The third-order valence-corrected chi connectivity index (χ3v) is 4.58. The first-order valence-electron chi connectivity index (χ1n) is 8.04. The second kappa shape index (κ2) is 6.08. The Morgan fingerprint density at radius 2 is 2.17 bits per heavy atom. The first kappa shape index (κ1) is 14.3. The molecule has 0 spiro atoms. The van der Waals surface area contributed by atoms with Crippen LogP contribution >= 0.6 is 0 Å². The van der Waals surface area contributed by atoms with Crippen LogP contribution in [0.15, 0.2) is 48.9 Å². The Kier molecular flexibility index (Phi) is 3.79. The van der Waals surface area contributed by atoms with Gasteiger partial charge in [-0.2, -0.15) is 5.10 Å². The van der Waals surface area contributed by atoms with Gasteiger partial charge in [-0.15, -0.1) is 0 Å². The summed E-state index contributed by atoms with van der Waals surface area (Å²) in [7, 11) is 0. The molecule has 118 valence electrons. The van der Waals surface area contributed by atoms with Crippen molar-refractivity contribution in [3.8, 4) is 0 Å². The van der Waals surface area contributed by atoms with E-state index in [1.54, 1.807) is 18.3 Å². The average molecular weight is 310 g/mol. The molecule has 5 heteroatoms. The zero-order valence-corrected chi connectivity index (χ0v) is 12.9. The van der Waals surface area contributed by atoms with Crippen molar-refractivity contribution in [3.63, 3.8) is 0 Å². The summed E-state index contributed by atoms with van der Waals surface area (Å²) in [5.74, 6) is -0.191. The molecule has 1 fully saturated rings. The second-order valence-electron chi connectivity index (χ2n) is 6.13. The number of likely N-dealkylation sites (tertiary alicyclic amines) is 1. The van der Waals surface area contributed by atoms with Gasteiger partial charge in [-0.3, -0.25) is 14.6 Å². The summed E-state index contributed by atoms with van der Waals surface area (Å²) in [5.41, 5.74) is 1.87. The standard InChI is InChI=1S/C18H19FN4/c19-16-10-14-4-1-6-20-18(14)15(11-16)12-22-8-2-5-17(22)13-23-9-3-7-21-23/h1,3-4,6-7,9-11,17H,2,5,8,12-13H2/t17-/m1/s1. The van der Waals surface area contributed by atoms with E-state index >= 15 is 0 Å². The van der Waals surface area contributed by atoms with E-state index in [0.717, 1.165) is 42.5 Å². The highest BCUT2D eigenvalue weighted by molar-refractivity contribution is 5.81. The summed E-state index contributed by atoms with van der Waals surface area (Å²) in [6.45, 7) is 2.65. The van der Waals surface area contributed by atoms with Crippen molar-refractivity contribution < 1.29 is 4.39 Å². The Morgan fingerprint density at radius 1 is 1.22 bits per heavy atom. The van der Waals surface area contributed by atoms with Crippen molar-refractivity contribution >= 4 is 10.9 Å². The first-order chi connectivity index (χ1) is 11.3. The monoisotopic (exact) mass is 310 g/mol. The van der Waals surface area contributed by atoms with Gasteiger partial charge in [0.25, 0.3) is 0 Å². The Bertz CT molecular complexity index is 800. The predicted octanol–water partition coefficient (Wildman–Crippen LogP) is 3.24. The van der Waals surface area contributed by atoms with Gasteiger partial charge in [0, 0.05) is 36.6 Å². The van der Waals surface area contributed by atoms with Crippen molar-refractivity contribution in [2.75, 3.05) is 6.54 Å². The summed E-state index contributed by atoms with van der Waals surface area (Å²) >= 11 is 0. The van der Waals surface area contributed by atoms with E-state index in [1.807, 2.05) is 35.3 Å². The third-order valence-electron chi connectivity index (χ3n) is 4.58. The highest BCUT2D eigenvalue weighted by atomic mass is 19.1. The molecule has 0 bridgehead atoms. The molecule has 0 radical (unpaired) electrons. The fourth-order valence-electron chi connectivity index (χ4n) is 3.50. The smallest absolute Gasteiger partial charge is 0.124 e. The predicted molar refractivity (Wildman–Crippen MR) is 87.4 cm³/mol. The lowest BCUT2D eigenvalue weighted by Crippen LogP contribution is -2.32. The number of hydrogen-bond acceptors (Lipinski definition) is 3. The van der Waals surface area contributed by atoms with Crippen LogP contribution in [0, 0.1) is 5.82 Å². The van der Waals surface area contributed by atoms with Crippen LogP contribution in [-0.2, 0) is 13.1 Å². The number of fused-ring (bicyclic) bond motifs is 1. The van der Waals surface area contributed by atoms with E-state index in [2.05, 4.69) is 15.0 Å². The average Bonchev–Trinajstić information content (AvgIpc) is 3.20. The fraction of sp³-hybridized carbons (Fsp3) is 0.333. The number of hydrogen-bond donors (Lipinski definition) is 0. The number of aromatic nitrogens is 3. The van der Waals surface area contributed by atoms with Crippen molar-refractivity contribution in [3.05, 3.63) is 60.3 Å². The minimum absolute atomic E-state index is 0.191. The lowest BCUT2D eigenvalue weighted by atomic mass is 10.1. The topological polar surface area (TPSA) is 34.0 Å². The van der Waals surface area contributed by atoms with Crippen LogP contribution in [0.3, 0.4) is 0 Å². The maximum atomic E-state index is 13.9. The van der Waals surface area contributed by atoms with Crippen LogP contribution in [0.2, 0.25) is 0 Å². The molecule has 3 aromatic rings. The number of benzene rings is 1. The van der Waals surface area contributed by atoms with Crippen LogP contribution < -0.4 is 0 Å². The maximum Gasteiger partial charge on any atom is 0.124 e. The molecule has 1 aliphatic heterocycles. The van der Waals surface area contributed by atoms with E-state index < -0.39 is 0 Å². The summed E-state index contributed by atoms with van der Waals surface area (Å²) in [5, 5.41) is 5.17. The molecule has 1 atom stereocenters. The molecule has 23 heavy (non-hydrogen) atoms. The van der Waals surface area contributed by atoms with Crippen molar-refractivity contribution in [2.24, 2.45) is 0 Å². The highest BCUT2D eigenvalue weighted by Gasteiger charge is 2.25. The molecule has 1 aliphatic rings. The molecule has 0 amide bonds. The fourth-order valence-corrected chi connectivity index (χ4v) is 3.50. The summed E-state index contributed by atoms with van der Waals surface area (Å²) in [4.78, 5) is 6.88. The SMILES string of the molecule is Fc1cc(CN2CCC[C@@H]2Cn2cccn2)c2ncccc2c1. The first-order valence-corrected chi connectivity index (χ1v) is 8.04. The highest BCUT2D eigenvalue weighted by Crippen LogP contribution is 2.25. The van der Waals surface area contributed by atoms with Gasteiger partial charge in [-0.1, -0.05) is 6.07 Å². The zero-order valence-electron chi connectivity index (χ0n) is 12.9. The Morgan fingerprint density at radius 3 is 3.04 bits per heavy atom. The Labute approximate surface area is 134 Å². The van der Waals surface area contributed by atoms with Gasteiger partial charge in [-0.05, 0) is 49.2 Å². The molecular formula is C18H19FN4. The van der Waals surface area contributed by atoms with E-state index in [9.17, 15) is 4.39 Å². The Hall–Kier alpha value is -2.27. The lowest BCUT2D eigenvalue weighted by molar-refractivity contribution is 0.219. The molecule has 2 aromatic heterocycles. The van der Waals surface area contributed by atoms with Crippen LogP contribution in [0.4, 0.5) is 4.39 Å². The van der Waals surface area contributed by atoms with Gasteiger partial charge in [0.15, 0.2) is 0 Å². The minimum Gasteiger partial charge on any atom is -0.294 e. The van der Waals surface area contributed by atoms with Gasteiger partial charge in [0.05, 0.1) is 12.1 Å². The van der Waals surface area contributed by atoms with E-state index in [4.69, 9.17) is 0 Å². The Balaban J connectivity index is 1.59. The number of rotatable bonds is 4. The quantitative estimate of drug-likeness (QED) is 0.742. The number of pyridine rings is 1. The lowest BCUT2D eigenvalue weighted by Gasteiger charge is -2.25. The third kappa shape index (κ3) is 2.97. The van der Waals surface area contributed by atoms with Crippen LogP contribution in [-0.4, -0.2) is 32.3 Å². The van der Waals surface area contributed by atoms with Crippen LogP contribution in [0.25, 0.3) is 10.9 Å². The zero-order chi connectivity index (χ0) is 15.6. The molecule has 0 saturated carbocycles. The van der Waals surface area contributed by atoms with Gasteiger partial charge in [0.2, 0.25) is 0 Å². The number of halogens is 1. The molecule has 0 N–H and O–H groups in total. The molecule has 3 heterocycles. The van der Waals surface area contributed by atoms with Gasteiger partial charge in [-0.25, -0.2) is 4.39 Å². The minimum atomic E-state index is -0.191. The molecule has 0 aliphatic carbocycles. The summed E-state index contributed by atoms with van der Waals surface area (Å²) < 4.78 is 15.9. The second-order valence-corrected chi connectivity index (χ2v) is 6.13. The molecular weight excluding hydrogens is 291 g/mol. The van der Waals surface area contributed by atoms with Crippen LogP contribution in [0.5, 0.6) is 0 Å². The van der Waals surface area contributed by atoms with E-state index in [-0.39, 0.29) is 5.82 Å². The molecule has 1 aromatic carbocycles. The molecule has 1 saturated heterocycles. The molecule has 0 unspecified atom stereocenters. The van der Waals surface area contributed by atoms with Gasteiger partial charge in [0.1, 0.15) is 5.82 Å². The number of nitrogens with zero attached hydrogens (tertiary/aromatic N) is 4. The molecule has 4 nitrogen and oxygen atoms in total. The summed E-state index contributed by atoms with van der Waals surface area (Å²) in [6.07, 6.45) is 7.90. The largest absolute Gasteiger partial charge is 0.294 e. The van der Waals surface area contributed by atoms with Crippen molar-refractivity contribution in [1.29, 1.82) is 0 Å². The van der Waals surface area contributed by atoms with Gasteiger partial charge < -0.3 is 0 Å². The normalized spacial score (nSPS) is 18.7. The van der Waals surface area contributed by atoms with Gasteiger partial charge >= 0.3 is 0 Å². The maximum absolute atomic E-state index is 13.9. The van der Waals surface area contributed by atoms with E-state index in [0.29, 0.717) is 6.04 Å². The van der Waals surface area contributed by atoms with E-state index in [1.165, 1.54) is 6.42 Å². The van der Waals surface area contributed by atoms with Crippen LogP contribution in [0.1, 0.15) is 18.4 Å². The van der Waals surface area contributed by atoms with Crippen molar-refractivity contribution in [2.45, 2.75) is 32.0 Å².